The molecule has 1 atom stereocenters. The van der Waals surface area contributed by atoms with E-state index in [0.717, 1.165) is 17.6 Å². The molecule has 0 aliphatic heterocycles. The standard InChI is InChI=1S/C25H22O/c1-2-24(20-12-7-4-8-13-20)26-25-15-9-14-22-18-21(16-17-23(22)25)19-10-5-3-6-11-19/h3-18,24H,2H2,1H3. The molecule has 4 rings (SSSR count). The van der Waals surface area contributed by atoms with Gasteiger partial charge in [0, 0.05) is 5.39 Å². The van der Waals surface area contributed by atoms with Crippen LogP contribution in [0.5, 0.6) is 5.75 Å². The average molecular weight is 338 g/mol. The Bertz CT molecular complexity index is 990. The third kappa shape index (κ3) is 3.34. The van der Waals surface area contributed by atoms with Crippen molar-refractivity contribution in [1.82, 2.24) is 0 Å². The smallest absolute Gasteiger partial charge is 0.128 e. The Balaban J connectivity index is 1.70. The Morgan fingerprint density at radius 2 is 1.42 bits per heavy atom. The van der Waals surface area contributed by atoms with E-state index in [1.165, 1.54) is 22.1 Å². The number of hydrogen-bond donors (Lipinski definition) is 0. The van der Waals surface area contributed by atoms with E-state index in [0.29, 0.717) is 0 Å². The molecular weight excluding hydrogens is 316 g/mol. The maximum absolute atomic E-state index is 6.41. The highest BCUT2D eigenvalue weighted by Gasteiger charge is 2.13. The maximum atomic E-state index is 6.41. The van der Waals surface area contributed by atoms with E-state index in [4.69, 9.17) is 4.74 Å². The molecule has 4 aromatic carbocycles. The zero-order valence-electron chi connectivity index (χ0n) is 14.9. The van der Waals surface area contributed by atoms with Gasteiger partial charge in [0.1, 0.15) is 11.9 Å². The minimum atomic E-state index is 0.0654. The van der Waals surface area contributed by atoms with Gasteiger partial charge < -0.3 is 4.74 Å². The van der Waals surface area contributed by atoms with Gasteiger partial charge in [0.15, 0.2) is 0 Å². The van der Waals surface area contributed by atoms with Crippen molar-refractivity contribution < 1.29 is 4.74 Å². The van der Waals surface area contributed by atoms with E-state index in [2.05, 4.69) is 91.9 Å². The van der Waals surface area contributed by atoms with E-state index in [9.17, 15) is 0 Å². The van der Waals surface area contributed by atoms with Gasteiger partial charge in [-0.1, -0.05) is 91.9 Å². The van der Waals surface area contributed by atoms with Crippen LogP contribution in [0.1, 0.15) is 25.0 Å². The molecule has 0 fully saturated rings. The highest BCUT2D eigenvalue weighted by molar-refractivity contribution is 5.91. The lowest BCUT2D eigenvalue weighted by atomic mass is 10.0. The second-order valence-corrected chi connectivity index (χ2v) is 6.48. The zero-order valence-corrected chi connectivity index (χ0v) is 14.9. The van der Waals surface area contributed by atoms with Crippen LogP contribution < -0.4 is 4.74 Å². The molecule has 1 unspecified atom stereocenters. The number of ether oxygens (including phenoxy) is 1. The van der Waals surface area contributed by atoms with Gasteiger partial charge in [0.2, 0.25) is 0 Å². The van der Waals surface area contributed by atoms with E-state index in [1.807, 2.05) is 12.1 Å². The molecule has 0 amide bonds. The lowest BCUT2D eigenvalue weighted by molar-refractivity contribution is 0.204. The SMILES string of the molecule is CCC(Oc1cccc2cc(-c3ccccc3)ccc12)c1ccccc1. The Morgan fingerprint density at radius 1 is 0.692 bits per heavy atom. The van der Waals surface area contributed by atoms with Crippen molar-refractivity contribution in [1.29, 1.82) is 0 Å². The van der Waals surface area contributed by atoms with Crippen LogP contribution in [0.2, 0.25) is 0 Å². The second kappa shape index (κ2) is 7.45. The Kier molecular flexibility index (Phi) is 4.70. The zero-order chi connectivity index (χ0) is 17.8. The van der Waals surface area contributed by atoms with Crippen LogP contribution in [0.25, 0.3) is 21.9 Å². The average Bonchev–Trinajstić information content (AvgIpc) is 2.73. The van der Waals surface area contributed by atoms with Crippen LogP contribution >= 0.6 is 0 Å². The van der Waals surface area contributed by atoms with Crippen LogP contribution in [0.3, 0.4) is 0 Å². The van der Waals surface area contributed by atoms with Crippen LogP contribution in [0.15, 0.2) is 97.1 Å². The normalized spacial score (nSPS) is 12.0. The molecule has 1 heteroatoms. The van der Waals surface area contributed by atoms with Gasteiger partial charge in [-0.15, -0.1) is 0 Å². The summed E-state index contributed by atoms with van der Waals surface area (Å²) in [6.07, 6.45) is 0.998. The molecule has 26 heavy (non-hydrogen) atoms. The summed E-state index contributed by atoms with van der Waals surface area (Å²) in [6, 6.07) is 33.8. The van der Waals surface area contributed by atoms with Crippen molar-refractivity contribution >= 4 is 10.8 Å². The Labute approximate surface area is 154 Å². The topological polar surface area (TPSA) is 9.23 Å². The second-order valence-electron chi connectivity index (χ2n) is 6.48. The molecule has 4 aromatic rings. The molecular formula is C25H22O. The number of hydrogen-bond acceptors (Lipinski definition) is 1. The van der Waals surface area contributed by atoms with E-state index < -0.39 is 0 Å². The van der Waals surface area contributed by atoms with Gasteiger partial charge in [-0.05, 0) is 40.6 Å². The molecule has 0 spiro atoms. The van der Waals surface area contributed by atoms with Gasteiger partial charge in [0.05, 0.1) is 0 Å². The van der Waals surface area contributed by atoms with Crippen molar-refractivity contribution in [2.24, 2.45) is 0 Å². The van der Waals surface area contributed by atoms with Crippen LogP contribution in [-0.4, -0.2) is 0 Å². The van der Waals surface area contributed by atoms with Crippen molar-refractivity contribution in [3.8, 4) is 16.9 Å². The van der Waals surface area contributed by atoms with Gasteiger partial charge >= 0.3 is 0 Å². The first-order valence-electron chi connectivity index (χ1n) is 9.15. The van der Waals surface area contributed by atoms with Crippen LogP contribution in [-0.2, 0) is 0 Å². The molecule has 0 radical (unpaired) electrons. The van der Waals surface area contributed by atoms with Crippen molar-refractivity contribution in [2.45, 2.75) is 19.4 Å². The highest BCUT2D eigenvalue weighted by Crippen LogP contribution is 2.33. The molecule has 0 saturated heterocycles. The fourth-order valence-corrected chi connectivity index (χ4v) is 3.37. The summed E-state index contributed by atoms with van der Waals surface area (Å²) in [5.41, 5.74) is 3.68. The first-order chi connectivity index (χ1) is 12.8. The first-order valence-corrected chi connectivity index (χ1v) is 9.15. The fourth-order valence-electron chi connectivity index (χ4n) is 3.37. The summed E-state index contributed by atoms with van der Waals surface area (Å²) in [4.78, 5) is 0. The molecule has 0 aliphatic carbocycles. The molecule has 1 nitrogen and oxygen atoms in total. The number of fused-ring (bicyclic) bond motifs is 1. The Hall–Kier alpha value is -3.06. The van der Waals surface area contributed by atoms with Crippen LogP contribution in [0.4, 0.5) is 0 Å². The predicted octanol–water partition coefficient (Wildman–Crippen LogP) is 7.04. The van der Waals surface area contributed by atoms with E-state index >= 15 is 0 Å². The van der Waals surface area contributed by atoms with Gasteiger partial charge in [-0.2, -0.15) is 0 Å². The molecule has 0 aromatic heterocycles. The number of benzene rings is 4. The molecule has 0 heterocycles. The third-order valence-corrected chi connectivity index (χ3v) is 4.76. The minimum Gasteiger partial charge on any atom is -0.485 e. The molecule has 0 N–H and O–H groups in total. The van der Waals surface area contributed by atoms with Gasteiger partial charge in [-0.25, -0.2) is 0 Å². The van der Waals surface area contributed by atoms with Crippen molar-refractivity contribution in [2.75, 3.05) is 0 Å². The predicted molar refractivity (Wildman–Crippen MR) is 109 cm³/mol. The van der Waals surface area contributed by atoms with Gasteiger partial charge in [-0.3, -0.25) is 0 Å². The quantitative estimate of drug-likeness (QED) is 0.379. The van der Waals surface area contributed by atoms with Gasteiger partial charge in [0.25, 0.3) is 0 Å². The molecule has 0 saturated carbocycles. The Morgan fingerprint density at radius 3 is 2.15 bits per heavy atom. The molecule has 128 valence electrons. The fraction of sp³-hybridized carbons (Fsp3) is 0.120. The largest absolute Gasteiger partial charge is 0.485 e. The first kappa shape index (κ1) is 16.4. The molecule has 0 bridgehead atoms. The van der Waals surface area contributed by atoms with E-state index in [-0.39, 0.29) is 6.10 Å². The minimum absolute atomic E-state index is 0.0654. The van der Waals surface area contributed by atoms with Crippen molar-refractivity contribution in [3.63, 3.8) is 0 Å². The maximum Gasteiger partial charge on any atom is 0.128 e. The summed E-state index contributed by atoms with van der Waals surface area (Å²) in [5, 5.41) is 2.35. The summed E-state index contributed by atoms with van der Waals surface area (Å²) in [7, 11) is 0. The monoisotopic (exact) mass is 338 g/mol. The number of rotatable bonds is 5. The third-order valence-electron chi connectivity index (χ3n) is 4.76. The summed E-state index contributed by atoms with van der Waals surface area (Å²) >= 11 is 0. The highest BCUT2D eigenvalue weighted by atomic mass is 16.5. The van der Waals surface area contributed by atoms with E-state index in [1.54, 1.807) is 0 Å². The van der Waals surface area contributed by atoms with Crippen LogP contribution in [0, 0.1) is 0 Å². The lowest BCUT2D eigenvalue weighted by Gasteiger charge is -2.19. The summed E-state index contributed by atoms with van der Waals surface area (Å²) in [6.45, 7) is 2.16. The summed E-state index contributed by atoms with van der Waals surface area (Å²) < 4.78 is 6.41. The lowest BCUT2D eigenvalue weighted by Crippen LogP contribution is -2.06. The molecule has 0 aliphatic rings. The summed E-state index contributed by atoms with van der Waals surface area (Å²) in [5.74, 6) is 0.942. The van der Waals surface area contributed by atoms with Crippen molar-refractivity contribution in [3.05, 3.63) is 103 Å².